The summed E-state index contributed by atoms with van der Waals surface area (Å²) in [7, 11) is 0. The van der Waals surface area contributed by atoms with Crippen LogP contribution >= 0.6 is 0 Å². The van der Waals surface area contributed by atoms with Crippen molar-refractivity contribution < 1.29 is 38.5 Å². The van der Waals surface area contributed by atoms with Gasteiger partial charge < -0.3 is 14.9 Å². The van der Waals surface area contributed by atoms with Crippen LogP contribution in [0.4, 0.5) is 4.39 Å². The summed E-state index contributed by atoms with van der Waals surface area (Å²) in [6, 6.07) is 21.1. The number of hydrogen-bond donors (Lipinski definition) is 2. The Labute approximate surface area is 302 Å². The van der Waals surface area contributed by atoms with Gasteiger partial charge in [0.1, 0.15) is 11.4 Å². The molecule has 0 aromatic heterocycles. The van der Waals surface area contributed by atoms with Gasteiger partial charge in [0.25, 0.3) is 0 Å². The number of aliphatic hydroxyl groups excluding tert-OH is 1. The van der Waals surface area contributed by atoms with E-state index in [1.54, 1.807) is 45.0 Å². The Balaban J connectivity index is 0.935. The van der Waals surface area contributed by atoms with Crippen molar-refractivity contribution in [3.63, 3.8) is 0 Å². The van der Waals surface area contributed by atoms with Crippen molar-refractivity contribution in [2.45, 2.75) is 82.6 Å². The van der Waals surface area contributed by atoms with E-state index in [9.17, 15) is 29.4 Å². The van der Waals surface area contributed by atoms with Gasteiger partial charge in [0.05, 0.1) is 11.7 Å². The number of rotatable bonds is 8. The number of halogens is 1. The van der Waals surface area contributed by atoms with E-state index in [0.29, 0.717) is 37.7 Å². The monoisotopic (exact) mass is 704 g/mol. The maximum Gasteiger partial charge on any atom is 0.338 e. The number of ketones is 3. The first-order valence-electron chi connectivity index (χ1n) is 18.5. The zero-order valence-electron chi connectivity index (χ0n) is 29.8. The number of esters is 1. The molecule has 5 aliphatic carbocycles. The van der Waals surface area contributed by atoms with Crippen LogP contribution in [0.25, 0.3) is 10.8 Å². The van der Waals surface area contributed by atoms with Crippen molar-refractivity contribution in [2.75, 3.05) is 6.61 Å². The van der Waals surface area contributed by atoms with Crippen molar-refractivity contribution in [2.24, 2.45) is 34.5 Å². The van der Waals surface area contributed by atoms with Crippen molar-refractivity contribution in [1.29, 1.82) is 0 Å². The molecule has 4 saturated carbocycles. The Morgan fingerprint density at radius 3 is 2.52 bits per heavy atom. The molecule has 2 N–H and O–H groups in total. The lowest BCUT2D eigenvalue weighted by Crippen LogP contribution is -2.69. The predicted octanol–water partition coefficient (Wildman–Crippen LogP) is 6.83. The van der Waals surface area contributed by atoms with E-state index >= 15 is 4.39 Å². The largest absolute Gasteiger partial charge is 0.454 e. The van der Waals surface area contributed by atoms with Crippen LogP contribution in [-0.4, -0.2) is 57.5 Å². The van der Waals surface area contributed by atoms with E-state index < -0.39 is 64.3 Å². The smallest absolute Gasteiger partial charge is 0.338 e. The SMILES string of the molecule is C[C@@H]1C[C@H]2[C@@H]3CCC4=CC(=O)C=C[C@]4(C)[C@@]3(F)[C@@H](O)C[C@]2(C)[C@@]1(O)C(=O)COC(=O)c1cccc([C@@H]2C[C@H]2C(=O)Cc2ccc3ccccc3c2)c1. The quantitative estimate of drug-likeness (QED) is 0.247. The van der Waals surface area contributed by atoms with Gasteiger partial charge in [0.2, 0.25) is 5.78 Å². The molecule has 8 heteroatoms. The topological polar surface area (TPSA) is 118 Å². The van der Waals surface area contributed by atoms with Crippen LogP contribution in [0.2, 0.25) is 0 Å². The highest BCUT2D eigenvalue weighted by molar-refractivity contribution is 6.01. The van der Waals surface area contributed by atoms with Gasteiger partial charge in [-0.25, -0.2) is 9.18 Å². The molecule has 0 heterocycles. The molecule has 0 bridgehead atoms. The summed E-state index contributed by atoms with van der Waals surface area (Å²) in [5.41, 5.74) is -3.62. The highest BCUT2D eigenvalue weighted by Gasteiger charge is 2.75. The lowest BCUT2D eigenvalue weighted by atomic mass is 9.44. The standard InChI is InChI=1S/C44H45FO7/c1-25-17-36-35-14-13-31-21-32(46)15-16-41(31,2)43(35,45)38(48)23-42(36,3)44(25,51)39(49)24-52-40(50)30-10-6-9-29(20-30)33-22-34(33)37(47)19-26-11-12-27-7-4-5-8-28(27)18-26/h4-12,15-16,18,20-21,25,33-36,38,48,51H,13-14,17,19,22-24H2,1-3H3/t25-,33+,34-,35+,36+,38+,41+,42+,43+,44+/m1/s1. The normalized spacial score (nSPS) is 37.4. The molecule has 0 radical (unpaired) electrons. The second-order valence-corrected chi connectivity index (χ2v) is 16.6. The van der Waals surface area contributed by atoms with Gasteiger partial charge in [-0.3, -0.25) is 14.4 Å². The van der Waals surface area contributed by atoms with Crippen LogP contribution in [0.15, 0.2) is 90.5 Å². The van der Waals surface area contributed by atoms with Crippen LogP contribution < -0.4 is 0 Å². The molecule has 7 nitrogen and oxygen atoms in total. The maximum atomic E-state index is 17.5. The lowest BCUT2D eigenvalue weighted by Gasteiger charge is -2.62. The van der Waals surface area contributed by atoms with E-state index in [1.165, 1.54) is 12.2 Å². The number of allylic oxidation sites excluding steroid dienone is 4. The third-order valence-corrected chi connectivity index (χ3v) is 13.9. The number of benzene rings is 3. The molecule has 0 aliphatic heterocycles. The highest BCUT2D eigenvalue weighted by Crippen LogP contribution is 2.70. The second kappa shape index (κ2) is 12.1. The fourth-order valence-corrected chi connectivity index (χ4v) is 11.0. The lowest BCUT2D eigenvalue weighted by molar-refractivity contribution is -0.219. The van der Waals surface area contributed by atoms with Crippen molar-refractivity contribution >= 4 is 34.1 Å². The Kier molecular flexibility index (Phi) is 8.12. The Hall–Kier alpha value is -4.27. The Bertz CT molecular complexity index is 2080. The molecular weight excluding hydrogens is 659 g/mol. The minimum Gasteiger partial charge on any atom is -0.454 e. The molecular formula is C44H45FO7. The van der Waals surface area contributed by atoms with Gasteiger partial charge in [-0.05, 0) is 103 Å². The first kappa shape index (κ1) is 34.8. The van der Waals surface area contributed by atoms with Crippen molar-refractivity contribution in [3.8, 4) is 0 Å². The van der Waals surface area contributed by atoms with E-state index in [0.717, 1.165) is 21.9 Å². The van der Waals surface area contributed by atoms with E-state index in [2.05, 4.69) is 6.07 Å². The summed E-state index contributed by atoms with van der Waals surface area (Å²) >= 11 is 0. The Morgan fingerprint density at radius 2 is 1.73 bits per heavy atom. The zero-order chi connectivity index (χ0) is 36.8. The summed E-state index contributed by atoms with van der Waals surface area (Å²) < 4.78 is 23.0. The van der Waals surface area contributed by atoms with Crippen LogP contribution in [0.3, 0.4) is 0 Å². The molecule has 4 fully saturated rings. The van der Waals surface area contributed by atoms with Crippen molar-refractivity contribution in [1.82, 2.24) is 0 Å². The number of fused-ring (bicyclic) bond motifs is 6. The van der Waals surface area contributed by atoms with Gasteiger partial charge in [0.15, 0.2) is 18.1 Å². The molecule has 0 spiro atoms. The molecule has 52 heavy (non-hydrogen) atoms. The van der Waals surface area contributed by atoms with Gasteiger partial charge in [-0.2, -0.15) is 0 Å². The average molecular weight is 705 g/mol. The number of carbonyl (C=O) groups excluding carboxylic acids is 4. The van der Waals surface area contributed by atoms with Crippen LogP contribution in [0, 0.1) is 34.5 Å². The number of Topliss-reactive ketones (excluding diaryl/α,β-unsaturated/α-hetero) is 2. The molecule has 3 aromatic carbocycles. The third kappa shape index (κ3) is 5.04. The molecule has 8 rings (SSSR count). The zero-order valence-corrected chi connectivity index (χ0v) is 29.8. The third-order valence-electron chi connectivity index (χ3n) is 13.9. The molecule has 0 saturated heterocycles. The Morgan fingerprint density at radius 1 is 0.962 bits per heavy atom. The summed E-state index contributed by atoms with van der Waals surface area (Å²) in [4.78, 5) is 52.6. The molecule has 5 aliphatic rings. The number of ether oxygens (including phenoxy) is 1. The van der Waals surface area contributed by atoms with Crippen molar-refractivity contribution in [3.05, 3.63) is 107 Å². The number of hydrogen-bond acceptors (Lipinski definition) is 7. The molecule has 270 valence electrons. The summed E-state index contributed by atoms with van der Waals surface area (Å²) in [6.07, 6.45) is 5.07. The first-order valence-corrected chi connectivity index (χ1v) is 18.5. The van der Waals surface area contributed by atoms with Crippen LogP contribution in [-0.2, 0) is 25.5 Å². The van der Waals surface area contributed by atoms with Gasteiger partial charge >= 0.3 is 5.97 Å². The second-order valence-electron chi connectivity index (χ2n) is 16.6. The van der Waals surface area contributed by atoms with E-state index in [1.807, 2.05) is 42.5 Å². The highest BCUT2D eigenvalue weighted by atomic mass is 19.1. The molecule has 10 atom stereocenters. The van der Waals surface area contributed by atoms with E-state index in [-0.39, 0.29) is 35.4 Å². The number of aliphatic hydroxyl groups is 2. The fraction of sp³-hybridized carbons (Fsp3) is 0.455. The molecule has 0 unspecified atom stereocenters. The summed E-state index contributed by atoms with van der Waals surface area (Å²) in [5.74, 6) is -3.19. The summed E-state index contributed by atoms with van der Waals surface area (Å²) in [5, 5.41) is 26.1. The molecule has 3 aromatic rings. The minimum absolute atomic E-state index is 0.00201. The maximum absolute atomic E-state index is 17.5. The van der Waals surface area contributed by atoms with Crippen LogP contribution in [0.5, 0.6) is 0 Å². The first-order chi connectivity index (χ1) is 24.7. The summed E-state index contributed by atoms with van der Waals surface area (Å²) in [6.45, 7) is 4.59. The fourth-order valence-electron chi connectivity index (χ4n) is 11.0. The minimum atomic E-state index is -2.08. The van der Waals surface area contributed by atoms with Crippen LogP contribution in [0.1, 0.15) is 80.3 Å². The van der Waals surface area contributed by atoms with E-state index in [4.69, 9.17) is 4.74 Å². The predicted molar refractivity (Wildman–Crippen MR) is 193 cm³/mol. The van der Waals surface area contributed by atoms with Gasteiger partial charge in [0, 0.05) is 29.1 Å². The van der Waals surface area contributed by atoms with Gasteiger partial charge in [-0.1, -0.05) is 80.1 Å². The molecule has 0 amide bonds. The average Bonchev–Trinajstić information content (AvgIpc) is 3.91. The number of carbonyl (C=O) groups is 4. The van der Waals surface area contributed by atoms with Gasteiger partial charge in [-0.15, -0.1) is 0 Å². The number of alkyl halides is 1.